The van der Waals surface area contributed by atoms with Crippen LogP contribution < -0.4 is 0 Å². The molecule has 0 aromatic carbocycles. The van der Waals surface area contributed by atoms with Crippen LogP contribution in [0.3, 0.4) is 0 Å². The zero-order valence-electron chi connectivity index (χ0n) is 19.2. The van der Waals surface area contributed by atoms with Gasteiger partial charge in [0.15, 0.2) is 0 Å². The molecule has 0 aliphatic carbocycles. The van der Waals surface area contributed by atoms with Gasteiger partial charge in [0.05, 0.1) is 0 Å². The molecule has 1 fully saturated rings. The molecule has 0 aromatic rings. The molecule has 158 valence electrons. The Morgan fingerprint density at radius 2 is 1.78 bits per heavy atom. The van der Waals surface area contributed by atoms with E-state index in [1.165, 1.54) is 90.5 Å². The molecule has 1 aliphatic rings. The third kappa shape index (κ3) is 11.8. The number of likely N-dealkylation sites (tertiary alicyclic amines) is 1. The molecule has 1 saturated heterocycles. The van der Waals surface area contributed by atoms with E-state index in [2.05, 4.69) is 56.4 Å². The number of nitrogens with zero attached hydrogens (tertiary/aromatic N) is 2. The molecule has 27 heavy (non-hydrogen) atoms. The third-order valence-electron chi connectivity index (χ3n) is 6.26. The molecular weight excluding hydrogens is 328 g/mol. The average Bonchev–Trinajstić information content (AvgIpc) is 2.66. The lowest BCUT2D eigenvalue weighted by Gasteiger charge is -2.34. The maximum absolute atomic E-state index is 3.47. The Bertz CT molecular complexity index is 400. The second-order valence-electron chi connectivity index (χ2n) is 9.04. The van der Waals surface area contributed by atoms with Crippen LogP contribution in [0.5, 0.6) is 0 Å². The Hall–Kier alpha value is -0.520. The van der Waals surface area contributed by atoms with Crippen LogP contribution in [0.25, 0.3) is 0 Å². The van der Waals surface area contributed by atoms with Gasteiger partial charge in [-0.25, -0.2) is 0 Å². The van der Waals surface area contributed by atoms with Crippen molar-refractivity contribution >= 4 is 0 Å². The minimum atomic E-state index is 0.581. The molecule has 2 nitrogen and oxygen atoms in total. The zero-order valence-corrected chi connectivity index (χ0v) is 19.2. The molecule has 2 atom stereocenters. The van der Waals surface area contributed by atoms with Gasteiger partial charge in [-0.05, 0) is 57.7 Å². The molecular formula is C25H48N2. The number of hydrogen-bond donors (Lipinski definition) is 0. The van der Waals surface area contributed by atoms with Gasteiger partial charge in [0, 0.05) is 32.0 Å². The first-order valence-corrected chi connectivity index (χ1v) is 12.0. The number of unbranched alkanes of at least 4 members (excludes halogenated alkanes) is 2. The maximum atomic E-state index is 3.47. The summed E-state index contributed by atoms with van der Waals surface area (Å²) >= 11 is 0. The fourth-order valence-electron chi connectivity index (χ4n) is 4.41. The molecule has 2 heteroatoms. The van der Waals surface area contributed by atoms with E-state index in [4.69, 9.17) is 0 Å². The summed E-state index contributed by atoms with van der Waals surface area (Å²) in [5.74, 6) is 9.28. The predicted octanol–water partition coefficient (Wildman–Crippen LogP) is 6.07. The first-order valence-electron chi connectivity index (χ1n) is 12.0. The molecule has 0 radical (unpaired) electrons. The maximum Gasteiger partial charge on any atom is 0.0217 e. The van der Waals surface area contributed by atoms with Crippen molar-refractivity contribution < 1.29 is 0 Å². The fourth-order valence-corrected chi connectivity index (χ4v) is 4.41. The van der Waals surface area contributed by atoms with Gasteiger partial charge in [0.1, 0.15) is 0 Å². The standard InChI is InChI=1S/C25H48N2/c1-6-9-10-14-23(4)15-11-12-18-27-19-16-25(17-20-27)22-26(5)21-24(8-3)13-7-2/h23-25H,6-10,12-14,16-22H2,1-5H3. The van der Waals surface area contributed by atoms with Crippen LogP contribution in [-0.2, 0) is 0 Å². The van der Waals surface area contributed by atoms with Crippen molar-refractivity contribution in [3.8, 4) is 11.8 Å². The van der Waals surface area contributed by atoms with E-state index in [-0.39, 0.29) is 0 Å². The molecule has 0 N–H and O–H groups in total. The van der Waals surface area contributed by atoms with Crippen molar-refractivity contribution in [3.63, 3.8) is 0 Å². The predicted molar refractivity (Wildman–Crippen MR) is 121 cm³/mol. The SMILES string of the molecule is CCCCCC(C)C#CCCN1CCC(CN(C)CC(CC)CCC)CC1. The Balaban J connectivity index is 2.15. The molecule has 0 saturated carbocycles. The smallest absolute Gasteiger partial charge is 0.0217 e. The van der Waals surface area contributed by atoms with Crippen molar-refractivity contribution in [1.82, 2.24) is 9.80 Å². The Kier molecular flexibility index (Phi) is 14.0. The normalized spacial score (nSPS) is 18.3. The number of rotatable bonds is 13. The quantitative estimate of drug-likeness (QED) is 0.284. The zero-order chi connectivity index (χ0) is 19.9. The van der Waals surface area contributed by atoms with Crippen molar-refractivity contribution in [1.29, 1.82) is 0 Å². The van der Waals surface area contributed by atoms with Crippen LogP contribution in [0.15, 0.2) is 0 Å². The van der Waals surface area contributed by atoms with Crippen LogP contribution in [0.4, 0.5) is 0 Å². The van der Waals surface area contributed by atoms with Crippen LogP contribution in [0.2, 0.25) is 0 Å². The molecule has 1 rings (SSSR count). The second-order valence-corrected chi connectivity index (χ2v) is 9.04. The van der Waals surface area contributed by atoms with E-state index >= 15 is 0 Å². The minimum Gasteiger partial charge on any atom is -0.306 e. The van der Waals surface area contributed by atoms with Gasteiger partial charge in [-0.2, -0.15) is 0 Å². The summed E-state index contributed by atoms with van der Waals surface area (Å²) in [5, 5.41) is 0. The number of piperidine rings is 1. The van der Waals surface area contributed by atoms with E-state index in [0.717, 1.165) is 18.3 Å². The highest BCUT2D eigenvalue weighted by Gasteiger charge is 2.20. The van der Waals surface area contributed by atoms with E-state index in [0.29, 0.717) is 5.92 Å². The van der Waals surface area contributed by atoms with Crippen LogP contribution in [0, 0.1) is 29.6 Å². The summed E-state index contributed by atoms with van der Waals surface area (Å²) in [6.07, 6.45) is 13.1. The van der Waals surface area contributed by atoms with Gasteiger partial charge in [0.25, 0.3) is 0 Å². The van der Waals surface area contributed by atoms with Crippen molar-refractivity contribution in [2.24, 2.45) is 17.8 Å². The minimum absolute atomic E-state index is 0.581. The highest BCUT2D eigenvalue weighted by molar-refractivity contribution is 5.02. The van der Waals surface area contributed by atoms with Gasteiger partial charge >= 0.3 is 0 Å². The molecule has 0 bridgehead atoms. The van der Waals surface area contributed by atoms with E-state index in [1.807, 2.05) is 0 Å². The summed E-state index contributed by atoms with van der Waals surface area (Å²) in [6.45, 7) is 15.5. The van der Waals surface area contributed by atoms with Crippen LogP contribution >= 0.6 is 0 Å². The first-order chi connectivity index (χ1) is 13.1. The largest absolute Gasteiger partial charge is 0.306 e. The van der Waals surface area contributed by atoms with Gasteiger partial charge in [-0.15, -0.1) is 11.8 Å². The van der Waals surface area contributed by atoms with Crippen molar-refractivity contribution in [2.75, 3.05) is 39.8 Å². The summed E-state index contributed by atoms with van der Waals surface area (Å²) in [7, 11) is 2.34. The molecule has 2 unspecified atom stereocenters. The topological polar surface area (TPSA) is 6.48 Å². The Labute approximate surface area is 171 Å². The summed E-state index contributed by atoms with van der Waals surface area (Å²) in [6, 6.07) is 0. The lowest BCUT2D eigenvalue weighted by atomic mass is 9.95. The molecule has 0 amide bonds. The van der Waals surface area contributed by atoms with Gasteiger partial charge in [-0.1, -0.05) is 59.8 Å². The van der Waals surface area contributed by atoms with E-state index in [9.17, 15) is 0 Å². The Morgan fingerprint density at radius 1 is 1.04 bits per heavy atom. The van der Waals surface area contributed by atoms with Gasteiger partial charge < -0.3 is 9.80 Å². The lowest BCUT2D eigenvalue weighted by Crippen LogP contribution is -2.39. The lowest BCUT2D eigenvalue weighted by molar-refractivity contribution is 0.147. The highest BCUT2D eigenvalue weighted by Crippen LogP contribution is 2.20. The van der Waals surface area contributed by atoms with E-state index in [1.54, 1.807) is 0 Å². The molecule has 1 heterocycles. The van der Waals surface area contributed by atoms with E-state index < -0.39 is 0 Å². The van der Waals surface area contributed by atoms with Gasteiger partial charge in [0.2, 0.25) is 0 Å². The monoisotopic (exact) mass is 376 g/mol. The molecule has 0 spiro atoms. The summed E-state index contributed by atoms with van der Waals surface area (Å²) in [4.78, 5) is 5.24. The molecule has 1 aliphatic heterocycles. The second kappa shape index (κ2) is 15.4. The van der Waals surface area contributed by atoms with Crippen LogP contribution in [0.1, 0.15) is 91.9 Å². The summed E-state index contributed by atoms with van der Waals surface area (Å²) < 4.78 is 0. The van der Waals surface area contributed by atoms with Crippen molar-refractivity contribution in [3.05, 3.63) is 0 Å². The first kappa shape index (κ1) is 24.5. The average molecular weight is 377 g/mol. The molecule has 0 aromatic heterocycles. The van der Waals surface area contributed by atoms with Gasteiger partial charge in [-0.3, -0.25) is 0 Å². The fraction of sp³-hybridized carbons (Fsp3) is 0.920. The Morgan fingerprint density at radius 3 is 2.41 bits per heavy atom. The van der Waals surface area contributed by atoms with Crippen molar-refractivity contribution in [2.45, 2.75) is 91.9 Å². The number of hydrogen-bond acceptors (Lipinski definition) is 2. The third-order valence-corrected chi connectivity index (χ3v) is 6.26. The highest BCUT2D eigenvalue weighted by atomic mass is 15.1. The van der Waals surface area contributed by atoms with Crippen LogP contribution in [-0.4, -0.2) is 49.6 Å². The summed E-state index contributed by atoms with van der Waals surface area (Å²) in [5.41, 5.74) is 0.